The highest BCUT2D eigenvalue weighted by atomic mass is 32.2. The van der Waals surface area contributed by atoms with E-state index in [9.17, 15) is 17.2 Å². The molecule has 0 saturated carbocycles. The summed E-state index contributed by atoms with van der Waals surface area (Å²) in [6, 6.07) is 13.6. The lowest BCUT2D eigenvalue weighted by Crippen LogP contribution is -2.04. The zero-order valence-corrected chi connectivity index (χ0v) is 18.8. The number of ether oxygens (including phenoxy) is 1. The van der Waals surface area contributed by atoms with Gasteiger partial charge in [0.1, 0.15) is 24.5 Å². The Bertz CT molecular complexity index is 1430. The first-order valence-corrected chi connectivity index (χ1v) is 12.1. The highest BCUT2D eigenvalue weighted by Gasteiger charge is 2.13. The fourth-order valence-corrected chi connectivity index (χ4v) is 3.94. The number of benzene rings is 2. The second-order valence-electron chi connectivity index (χ2n) is 7.44. The molecule has 0 fully saturated rings. The van der Waals surface area contributed by atoms with Gasteiger partial charge in [-0.2, -0.15) is 9.37 Å². The van der Waals surface area contributed by atoms with Crippen LogP contribution in [0.15, 0.2) is 67.1 Å². The first-order valence-electron chi connectivity index (χ1n) is 10.0. The largest absolute Gasteiger partial charge is 0.488 e. The number of halogens is 2. The Kier molecular flexibility index (Phi) is 6.73. The molecule has 0 atom stereocenters. The highest BCUT2D eigenvalue weighted by molar-refractivity contribution is 7.89. The second kappa shape index (κ2) is 9.87. The Labute approximate surface area is 194 Å². The van der Waals surface area contributed by atoms with Crippen LogP contribution in [-0.4, -0.2) is 34.6 Å². The maximum absolute atomic E-state index is 13.9. The standard InChI is InChI=1S/C23H19F2N5O3S/c1-34(31,32)13-16-3-2-4-18(9-16)29-23-28-14-27-22(30-23)19-6-5-17(24)11-20(19)33-12-15-7-8-26-21(25)10-15/h2-11,14H,12-13H2,1H3,(H,27,28,29,30). The van der Waals surface area contributed by atoms with Crippen molar-refractivity contribution in [3.05, 3.63) is 90.0 Å². The third-order valence-electron chi connectivity index (χ3n) is 4.55. The van der Waals surface area contributed by atoms with E-state index in [-0.39, 0.29) is 29.9 Å². The number of nitrogens with zero attached hydrogens (tertiary/aromatic N) is 4. The molecule has 0 saturated heterocycles. The number of pyridine rings is 1. The molecule has 2 heterocycles. The van der Waals surface area contributed by atoms with E-state index in [1.165, 1.54) is 43.0 Å². The first-order chi connectivity index (χ1) is 16.2. The fraction of sp³-hybridized carbons (Fsp3) is 0.130. The van der Waals surface area contributed by atoms with Crippen molar-refractivity contribution in [3.63, 3.8) is 0 Å². The topological polar surface area (TPSA) is 107 Å². The fourth-order valence-electron chi connectivity index (χ4n) is 3.15. The van der Waals surface area contributed by atoms with Crippen molar-refractivity contribution in [2.24, 2.45) is 0 Å². The van der Waals surface area contributed by atoms with Crippen LogP contribution in [-0.2, 0) is 22.2 Å². The van der Waals surface area contributed by atoms with Gasteiger partial charge in [-0.05, 0) is 47.5 Å². The Morgan fingerprint density at radius 3 is 2.62 bits per heavy atom. The molecule has 11 heteroatoms. The third kappa shape index (κ3) is 6.29. The molecule has 4 rings (SSSR count). The van der Waals surface area contributed by atoms with Gasteiger partial charge in [0.25, 0.3) is 0 Å². The average molecular weight is 484 g/mol. The van der Waals surface area contributed by atoms with Crippen molar-refractivity contribution in [3.8, 4) is 17.1 Å². The van der Waals surface area contributed by atoms with Gasteiger partial charge < -0.3 is 10.1 Å². The van der Waals surface area contributed by atoms with Gasteiger partial charge in [0.05, 0.1) is 11.3 Å². The summed E-state index contributed by atoms with van der Waals surface area (Å²) >= 11 is 0. The molecule has 2 aromatic carbocycles. The van der Waals surface area contributed by atoms with E-state index in [2.05, 4.69) is 25.3 Å². The predicted octanol–water partition coefficient (Wildman–Crippen LogP) is 4.08. The predicted molar refractivity (Wildman–Crippen MR) is 122 cm³/mol. The molecule has 174 valence electrons. The van der Waals surface area contributed by atoms with Crippen LogP contribution in [0.3, 0.4) is 0 Å². The van der Waals surface area contributed by atoms with Crippen molar-refractivity contribution < 1.29 is 21.9 Å². The molecule has 8 nitrogen and oxygen atoms in total. The van der Waals surface area contributed by atoms with Crippen molar-refractivity contribution >= 4 is 21.5 Å². The van der Waals surface area contributed by atoms with E-state index in [4.69, 9.17) is 4.74 Å². The van der Waals surface area contributed by atoms with Crippen LogP contribution in [0, 0.1) is 11.8 Å². The van der Waals surface area contributed by atoms with Gasteiger partial charge in [-0.3, -0.25) is 0 Å². The number of anilines is 2. The van der Waals surface area contributed by atoms with E-state index < -0.39 is 21.6 Å². The maximum atomic E-state index is 13.9. The minimum absolute atomic E-state index is 0.0147. The summed E-state index contributed by atoms with van der Waals surface area (Å²) in [4.78, 5) is 16.1. The summed E-state index contributed by atoms with van der Waals surface area (Å²) in [6.07, 6.45) is 3.77. The van der Waals surface area contributed by atoms with Crippen LogP contribution >= 0.6 is 0 Å². The summed E-state index contributed by atoms with van der Waals surface area (Å²) in [5.41, 5.74) is 2.14. The number of nitrogens with one attached hydrogen (secondary N) is 1. The Hall–Kier alpha value is -3.99. The van der Waals surface area contributed by atoms with E-state index in [1.54, 1.807) is 30.3 Å². The highest BCUT2D eigenvalue weighted by Crippen LogP contribution is 2.29. The van der Waals surface area contributed by atoms with Crippen molar-refractivity contribution in [1.82, 2.24) is 19.9 Å². The SMILES string of the molecule is CS(=O)(=O)Cc1cccc(Nc2ncnc(-c3ccc(F)cc3OCc3ccnc(F)c3)n2)c1. The second-order valence-corrected chi connectivity index (χ2v) is 9.58. The maximum Gasteiger partial charge on any atom is 0.230 e. The smallest absolute Gasteiger partial charge is 0.230 e. The summed E-state index contributed by atoms with van der Waals surface area (Å²) in [7, 11) is -3.18. The zero-order valence-electron chi connectivity index (χ0n) is 17.9. The third-order valence-corrected chi connectivity index (χ3v) is 5.41. The van der Waals surface area contributed by atoms with Crippen LogP contribution in [0.2, 0.25) is 0 Å². The van der Waals surface area contributed by atoms with Gasteiger partial charge in [0.2, 0.25) is 11.9 Å². The molecule has 0 amide bonds. The van der Waals surface area contributed by atoms with Crippen molar-refractivity contribution in [2.75, 3.05) is 11.6 Å². The first kappa shape index (κ1) is 23.2. The summed E-state index contributed by atoms with van der Waals surface area (Å²) < 4.78 is 56.1. The van der Waals surface area contributed by atoms with Crippen LogP contribution in [0.4, 0.5) is 20.4 Å². The van der Waals surface area contributed by atoms with Gasteiger partial charge in [0.15, 0.2) is 15.7 Å². The normalized spacial score (nSPS) is 11.3. The molecule has 1 N–H and O–H groups in total. The lowest BCUT2D eigenvalue weighted by molar-refractivity contribution is 0.304. The van der Waals surface area contributed by atoms with Gasteiger partial charge in [-0.15, -0.1) is 0 Å². The van der Waals surface area contributed by atoms with Gasteiger partial charge in [0, 0.05) is 24.2 Å². The van der Waals surface area contributed by atoms with E-state index >= 15 is 0 Å². The van der Waals surface area contributed by atoms with Crippen molar-refractivity contribution in [2.45, 2.75) is 12.4 Å². The molecule has 4 aromatic rings. The van der Waals surface area contributed by atoms with Crippen LogP contribution in [0.1, 0.15) is 11.1 Å². The van der Waals surface area contributed by atoms with Crippen LogP contribution in [0.5, 0.6) is 5.75 Å². The van der Waals surface area contributed by atoms with Gasteiger partial charge in [-0.25, -0.2) is 27.8 Å². The van der Waals surface area contributed by atoms with Crippen molar-refractivity contribution in [1.29, 1.82) is 0 Å². The Morgan fingerprint density at radius 1 is 0.971 bits per heavy atom. The molecule has 2 aromatic heterocycles. The Morgan fingerprint density at radius 2 is 1.82 bits per heavy atom. The molecule has 0 bridgehead atoms. The van der Waals surface area contributed by atoms with Crippen LogP contribution < -0.4 is 10.1 Å². The molecule has 0 radical (unpaired) electrons. The van der Waals surface area contributed by atoms with Gasteiger partial charge in [-0.1, -0.05) is 12.1 Å². The molecule has 0 aliphatic heterocycles. The lowest BCUT2D eigenvalue weighted by Gasteiger charge is -2.12. The molecule has 34 heavy (non-hydrogen) atoms. The Balaban J connectivity index is 1.57. The van der Waals surface area contributed by atoms with E-state index in [1.807, 2.05) is 0 Å². The number of rotatable bonds is 8. The number of sulfone groups is 1. The van der Waals surface area contributed by atoms with E-state index in [0.29, 0.717) is 22.4 Å². The summed E-state index contributed by atoms with van der Waals surface area (Å²) in [6.45, 7) is -0.0147. The average Bonchev–Trinajstić information content (AvgIpc) is 2.77. The monoisotopic (exact) mass is 483 g/mol. The molecular formula is C23H19F2N5O3S. The molecular weight excluding hydrogens is 464 g/mol. The number of aromatic nitrogens is 4. The molecule has 0 spiro atoms. The zero-order chi connectivity index (χ0) is 24.1. The van der Waals surface area contributed by atoms with E-state index in [0.717, 1.165) is 0 Å². The summed E-state index contributed by atoms with van der Waals surface area (Å²) in [5.74, 6) is -0.662. The molecule has 0 aliphatic carbocycles. The minimum atomic E-state index is -3.18. The quantitative estimate of drug-likeness (QED) is 0.374. The number of hydrogen-bond acceptors (Lipinski definition) is 8. The van der Waals surface area contributed by atoms with Crippen LogP contribution in [0.25, 0.3) is 11.4 Å². The minimum Gasteiger partial charge on any atom is -0.488 e. The molecule has 0 unspecified atom stereocenters. The lowest BCUT2D eigenvalue weighted by atomic mass is 10.2. The summed E-state index contributed by atoms with van der Waals surface area (Å²) in [5, 5.41) is 3.01. The molecule has 0 aliphatic rings. The van der Waals surface area contributed by atoms with Gasteiger partial charge >= 0.3 is 0 Å². The number of hydrogen-bond donors (Lipinski definition) is 1.